The Morgan fingerprint density at radius 3 is 1.95 bits per heavy atom. The number of para-hydroxylation sites is 1. The molecule has 0 bridgehead atoms. The average Bonchev–Trinajstić information content (AvgIpc) is 3.00. The number of hydrogen-bond donors (Lipinski definition) is 1. The molecule has 1 N–H and O–H groups in total. The van der Waals surface area contributed by atoms with Crippen LogP contribution >= 0.6 is 0 Å². The van der Waals surface area contributed by atoms with Crippen LogP contribution in [0.5, 0.6) is 5.88 Å². The van der Waals surface area contributed by atoms with Gasteiger partial charge in [0.1, 0.15) is 5.69 Å². The van der Waals surface area contributed by atoms with Gasteiger partial charge in [0.05, 0.1) is 11.4 Å². The standard InChI is InChI=1S/C35H48N4O3/c1-6-10-15-27(8-3)24-38(25-28(9-4)16-11-7-2)34(41)29-19-21-30(22-20-29)36-37-33-26(5)23-32(40)39(35(33)42)31-17-13-12-14-18-31/h12-14,17-23,27-28,42H,6-11,15-16,24-25H2,1-5H3/b37-36+. The largest absolute Gasteiger partial charge is 0.493 e. The molecule has 226 valence electrons. The summed E-state index contributed by atoms with van der Waals surface area (Å²) in [5, 5.41) is 19.5. The van der Waals surface area contributed by atoms with Crippen molar-refractivity contribution in [1.82, 2.24) is 9.47 Å². The van der Waals surface area contributed by atoms with E-state index in [2.05, 4.69) is 42.8 Å². The molecule has 0 fully saturated rings. The number of carbonyl (C=O) groups is 1. The van der Waals surface area contributed by atoms with E-state index in [1.165, 1.54) is 36.3 Å². The van der Waals surface area contributed by atoms with E-state index in [4.69, 9.17) is 0 Å². The second-order valence-corrected chi connectivity index (χ2v) is 11.3. The van der Waals surface area contributed by atoms with Gasteiger partial charge in [0.25, 0.3) is 11.5 Å². The van der Waals surface area contributed by atoms with E-state index in [0.29, 0.717) is 34.3 Å². The molecule has 0 radical (unpaired) electrons. The van der Waals surface area contributed by atoms with E-state index in [0.717, 1.165) is 38.8 Å². The van der Waals surface area contributed by atoms with Gasteiger partial charge in [0.15, 0.2) is 0 Å². The maximum atomic E-state index is 13.8. The van der Waals surface area contributed by atoms with E-state index in [1.807, 2.05) is 6.07 Å². The minimum Gasteiger partial charge on any atom is -0.493 e. The van der Waals surface area contributed by atoms with E-state index in [9.17, 15) is 14.7 Å². The Bertz CT molecular complexity index is 1330. The topological polar surface area (TPSA) is 87.3 Å². The van der Waals surface area contributed by atoms with Gasteiger partial charge in [0, 0.05) is 24.7 Å². The minimum atomic E-state index is -0.345. The summed E-state index contributed by atoms with van der Waals surface area (Å²) in [6.45, 7) is 12.2. The van der Waals surface area contributed by atoms with Crippen LogP contribution in [-0.4, -0.2) is 33.6 Å². The van der Waals surface area contributed by atoms with Crippen molar-refractivity contribution in [3.05, 3.63) is 82.1 Å². The molecule has 1 heterocycles. The Morgan fingerprint density at radius 1 is 0.857 bits per heavy atom. The highest BCUT2D eigenvalue weighted by Gasteiger charge is 2.22. The summed E-state index contributed by atoms with van der Waals surface area (Å²) in [6, 6.07) is 17.5. The van der Waals surface area contributed by atoms with Crippen molar-refractivity contribution in [2.75, 3.05) is 13.1 Å². The summed E-state index contributed by atoms with van der Waals surface area (Å²) in [6.07, 6.45) is 9.13. The molecule has 3 aromatic rings. The third kappa shape index (κ3) is 8.88. The molecule has 7 heteroatoms. The van der Waals surface area contributed by atoms with Gasteiger partial charge in [-0.05, 0) is 73.6 Å². The second kappa shape index (κ2) is 16.6. The Balaban J connectivity index is 1.83. The summed E-state index contributed by atoms with van der Waals surface area (Å²) in [5.74, 6) is 0.799. The van der Waals surface area contributed by atoms with E-state index in [1.54, 1.807) is 55.5 Å². The van der Waals surface area contributed by atoms with Crippen LogP contribution in [0.3, 0.4) is 0 Å². The minimum absolute atomic E-state index is 0.0619. The molecule has 3 rings (SSSR count). The summed E-state index contributed by atoms with van der Waals surface area (Å²) in [7, 11) is 0. The number of azo groups is 1. The van der Waals surface area contributed by atoms with Crippen LogP contribution in [0.2, 0.25) is 0 Å². The zero-order valence-corrected chi connectivity index (χ0v) is 26.1. The van der Waals surface area contributed by atoms with Gasteiger partial charge in [-0.3, -0.25) is 9.59 Å². The number of carbonyl (C=O) groups excluding carboxylic acids is 1. The molecule has 0 saturated carbocycles. The SMILES string of the molecule is CCCCC(CC)CN(CC(CC)CCCC)C(=O)c1ccc(/N=N/c2c(C)cc(=O)n(-c3ccccc3)c2O)cc1. The van der Waals surface area contributed by atoms with Crippen molar-refractivity contribution in [3.8, 4) is 11.6 Å². The number of unbranched alkanes of at least 4 members (excludes halogenated alkanes) is 2. The van der Waals surface area contributed by atoms with Crippen molar-refractivity contribution >= 4 is 17.3 Å². The smallest absolute Gasteiger partial charge is 0.258 e. The van der Waals surface area contributed by atoms with Crippen molar-refractivity contribution in [3.63, 3.8) is 0 Å². The van der Waals surface area contributed by atoms with Gasteiger partial charge in [-0.1, -0.05) is 84.4 Å². The highest BCUT2D eigenvalue weighted by Crippen LogP contribution is 2.32. The lowest BCUT2D eigenvalue weighted by Crippen LogP contribution is -2.39. The van der Waals surface area contributed by atoms with E-state index >= 15 is 0 Å². The van der Waals surface area contributed by atoms with Crippen LogP contribution in [0.4, 0.5) is 11.4 Å². The highest BCUT2D eigenvalue weighted by molar-refractivity contribution is 5.94. The Kier molecular flexibility index (Phi) is 13.0. The number of nitrogens with zero attached hydrogens (tertiary/aromatic N) is 4. The number of amides is 1. The van der Waals surface area contributed by atoms with E-state index in [-0.39, 0.29) is 23.0 Å². The van der Waals surface area contributed by atoms with Gasteiger partial charge >= 0.3 is 0 Å². The van der Waals surface area contributed by atoms with Crippen LogP contribution < -0.4 is 5.56 Å². The summed E-state index contributed by atoms with van der Waals surface area (Å²) in [5.41, 5.74) is 2.14. The summed E-state index contributed by atoms with van der Waals surface area (Å²) < 4.78 is 1.21. The molecule has 0 spiro atoms. The van der Waals surface area contributed by atoms with Gasteiger partial charge < -0.3 is 10.0 Å². The third-order valence-electron chi connectivity index (χ3n) is 8.08. The number of aromatic nitrogens is 1. The summed E-state index contributed by atoms with van der Waals surface area (Å²) in [4.78, 5) is 28.5. The number of benzene rings is 2. The first-order chi connectivity index (χ1) is 20.3. The van der Waals surface area contributed by atoms with Gasteiger partial charge in [-0.2, -0.15) is 5.11 Å². The second-order valence-electron chi connectivity index (χ2n) is 11.3. The molecule has 1 aromatic heterocycles. The predicted molar refractivity (Wildman–Crippen MR) is 172 cm³/mol. The van der Waals surface area contributed by atoms with Crippen molar-refractivity contribution in [1.29, 1.82) is 0 Å². The Morgan fingerprint density at radius 2 is 1.43 bits per heavy atom. The Labute approximate surface area is 251 Å². The molecule has 0 aliphatic carbocycles. The zero-order chi connectivity index (χ0) is 30.5. The number of pyridine rings is 1. The molecular weight excluding hydrogens is 524 g/mol. The highest BCUT2D eigenvalue weighted by atomic mass is 16.3. The predicted octanol–water partition coefficient (Wildman–Crippen LogP) is 9.14. The van der Waals surface area contributed by atoms with Crippen LogP contribution in [0.1, 0.15) is 95.0 Å². The molecule has 2 atom stereocenters. The normalized spacial score (nSPS) is 12.9. The van der Waals surface area contributed by atoms with Gasteiger partial charge in [0.2, 0.25) is 5.88 Å². The molecule has 2 aromatic carbocycles. The molecule has 7 nitrogen and oxygen atoms in total. The van der Waals surface area contributed by atoms with Crippen LogP contribution in [-0.2, 0) is 0 Å². The lowest BCUT2D eigenvalue weighted by Gasteiger charge is -2.31. The Hall–Kier alpha value is -3.74. The monoisotopic (exact) mass is 572 g/mol. The lowest BCUT2D eigenvalue weighted by atomic mass is 9.95. The fourth-order valence-corrected chi connectivity index (χ4v) is 5.31. The van der Waals surface area contributed by atoms with Crippen LogP contribution in [0.15, 0.2) is 75.7 Å². The molecule has 42 heavy (non-hydrogen) atoms. The number of aromatic hydroxyl groups is 1. The molecule has 2 unspecified atom stereocenters. The first kappa shape index (κ1) is 32.8. The quantitative estimate of drug-likeness (QED) is 0.174. The van der Waals surface area contributed by atoms with Crippen molar-refractivity contribution < 1.29 is 9.90 Å². The van der Waals surface area contributed by atoms with Gasteiger partial charge in [-0.25, -0.2) is 4.57 Å². The zero-order valence-electron chi connectivity index (χ0n) is 26.1. The van der Waals surface area contributed by atoms with Crippen molar-refractivity contribution in [2.45, 2.75) is 86.0 Å². The fourth-order valence-electron chi connectivity index (χ4n) is 5.31. The first-order valence-corrected chi connectivity index (χ1v) is 15.6. The first-order valence-electron chi connectivity index (χ1n) is 15.6. The van der Waals surface area contributed by atoms with E-state index < -0.39 is 0 Å². The molecule has 0 aliphatic rings. The molecule has 0 aliphatic heterocycles. The number of hydrogen-bond acceptors (Lipinski definition) is 5. The maximum Gasteiger partial charge on any atom is 0.258 e. The number of rotatable bonds is 16. The van der Waals surface area contributed by atoms with Crippen LogP contribution in [0.25, 0.3) is 5.69 Å². The third-order valence-corrected chi connectivity index (χ3v) is 8.08. The van der Waals surface area contributed by atoms with Crippen molar-refractivity contribution in [2.24, 2.45) is 22.1 Å². The average molecular weight is 573 g/mol. The molecule has 0 saturated heterocycles. The fraction of sp³-hybridized carbons (Fsp3) is 0.486. The maximum absolute atomic E-state index is 13.8. The van der Waals surface area contributed by atoms with Gasteiger partial charge in [-0.15, -0.1) is 5.11 Å². The molecule has 1 amide bonds. The number of aryl methyl sites for hydroxylation is 1. The summed E-state index contributed by atoms with van der Waals surface area (Å²) >= 11 is 0. The molecular formula is C35H48N4O3. The lowest BCUT2D eigenvalue weighted by molar-refractivity contribution is 0.0685. The van der Waals surface area contributed by atoms with Crippen LogP contribution in [0, 0.1) is 18.8 Å².